The van der Waals surface area contributed by atoms with Crippen molar-refractivity contribution in [2.24, 2.45) is 0 Å². The molecule has 0 spiro atoms. The van der Waals surface area contributed by atoms with E-state index in [0.29, 0.717) is 35.9 Å². The topological polar surface area (TPSA) is 81.8 Å². The van der Waals surface area contributed by atoms with Crippen LogP contribution in [0.3, 0.4) is 0 Å². The molecule has 0 saturated carbocycles. The van der Waals surface area contributed by atoms with Crippen LogP contribution in [0.25, 0.3) is 0 Å². The summed E-state index contributed by atoms with van der Waals surface area (Å²) >= 11 is 0. The average Bonchev–Trinajstić information content (AvgIpc) is 2.80. The zero-order valence-corrected chi connectivity index (χ0v) is 22.6. The van der Waals surface area contributed by atoms with Crippen molar-refractivity contribution in [3.8, 4) is 0 Å². The number of ether oxygens (including phenoxy) is 1. The van der Waals surface area contributed by atoms with Crippen LogP contribution in [0.1, 0.15) is 36.8 Å². The number of halogens is 3. The first-order valence-electron chi connectivity index (χ1n) is 12.0. The second kappa shape index (κ2) is 13.2. The molecular formula is C27H37F3N6O2. The summed E-state index contributed by atoms with van der Waals surface area (Å²) < 4.78 is 43.7. The summed E-state index contributed by atoms with van der Waals surface area (Å²) in [6, 6.07) is 10.4. The third kappa shape index (κ3) is 11.1. The second-order valence-electron chi connectivity index (χ2n) is 9.95. The lowest BCUT2D eigenvalue weighted by Gasteiger charge is -2.29. The minimum atomic E-state index is -4.35. The van der Waals surface area contributed by atoms with Gasteiger partial charge in [-0.25, -0.2) is 0 Å². The number of rotatable bonds is 13. The average molecular weight is 535 g/mol. The van der Waals surface area contributed by atoms with Gasteiger partial charge in [-0.1, -0.05) is 24.8 Å². The van der Waals surface area contributed by atoms with Crippen molar-refractivity contribution in [1.82, 2.24) is 20.1 Å². The van der Waals surface area contributed by atoms with Gasteiger partial charge in [-0.05, 0) is 65.2 Å². The predicted octanol–water partition coefficient (Wildman–Crippen LogP) is 5.02. The zero-order chi connectivity index (χ0) is 28.5. The Kier molecular flexibility index (Phi) is 10.6. The molecule has 0 aliphatic carbocycles. The van der Waals surface area contributed by atoms with E-state index in [1.165, 1.54) is 6.20 Å². The highest BCUT2D eigenvalue weighted by atomic mass is 19.4. The van der Waals surface area contributed by atoms with Crippen molar-refractivity contribution >= 4 is 17.3 Å². The number of amides is 1. The number of likely N-dealkylation sites (N-methyl/N-ethyl adjacent to an activating group) is 1. The Labute approximate surface area is 222 Å². The van der Waals surface area contributed by atoms with Crippen molar-refractivity contribution in [2.45, 2.75) is 39.1 Å². The van der Waals surface area contributed by atoms with Gasteiger partial charge < -0.3 is 30.5 Å². The monoisotopic (exact) mass is 534 g/mol. The van der Waals surface area contributed by atoms with E-state index in [4.69, 9.17) is 4.74 Å². The summed E-state index contributed by atoms with van der Waals surface area (Å²) in [6.07, 6.45) is -2.83. The molecule has 11 heteroatoms. The summed E-state index contributed by atoms with van der Waals surface area (Å²) in [6.45, 7) is 13.5. The number of carbonyl (C=O) groups excluding carboxylic acids is 1. The fraction of sp³-hybridized carbons (Fsp3) is 0.407. The number of para-hydroxylation sites is 2. The van der Waals surface area contributed by atoms with Gasteiger partial charge in [0.05, 0.1) is 17.2 Å². The Hall–Kier alpha value is -3.73. The number of hydrogen-bond donors (Lipinski definition) is 3. The summed E-state index contributed by atoms with van der Waals surface area (Å²) in [5.41, 5.74) is 1.59. The van der Waals surface area contributed by atoms with Crippen molar-refractivity contribution in [3.63, 3.8) is 0 Å². The molecule has 3 N–H and O–H groups in total. The quantitative estimate of drug-likeness (QED) is 0.312. The number of hydrogen-bond acceptors (Lipinski definition) is 7. The molecule has 0 radical (unpaired) electrons. The molecule has 0 fully saturated rings. The van der Waals surface area contributed by atoms with E-state index in [9.17, 15) is 18.0 Å². The first-order chi connectivity index (χ1) is 17.6. The van der Waals surface area contributed by atoms with Crippen LogP contribution in [0.15, 0.2) is 67.5 Å². The fourth-order valence-electron chi connectivity index (χ4n) is 3.25. The molecule has 0 aliphatic rings. The van der Waals surface area contributed by atoms with Crippen LogP contribution in [0.4, 0.5) is 24.5 Å². The van der Waals surface area contributed by atoms with Crippen LogP contribution in [-0.2, 0) is 11.3 Å². The molecule has 8 nitrogen and oxygen atoms in total. The van der Waals surface area contributed by atoms with Crippen molar-refractivity contribution in [1.29, 1.82) is 0 Å². The van der Waals surface area contributed by atoms with E-state index in [1.807, 2.05) is 45.8 Å². The smallest absolute Gasteiger partial charge is 0.405 e. The number of nitrogens with one attached hydrogen (secondary N) is 3. The van der Waals surface area contributed by atoms with Gasteiger partial charge in [0.2, 0.25) is 0 Å². The number of alkyl halides is 3. The molecule has 208 valence electrons. The minimum Gasteiger partial charge on any atom is -0.474 e. The summed E-state index contributed by atoms with van der Waals surface area (Å²) in [7, 11) is 3.75. The zero-order valence-electron chi connectivity index (χ0n) is 22.6. The second-order valence-corrected chi connectivity index (χ2v) is 9.95. The van der Waals surface area contributed by atoms with Gasteiger partial charge in [-0.2, -0.15) is 13.2 Å². The van der Waals surface area contributed by atoms with Crippen LogP contribution < -0.4 is 16.0 Å². The Morgan fingerprint density at radius 2 is 1.63 bits per heavy atom. The van der Waals surface area contributed by atoms with E-state index in [1.54, 1.807) is 35.2 Å². The lowest BCUT2D eigenvalue weighted by molar-refractivity contribution is -0.124. The molecule has 1 amide bonds. The van der Waals surface area contributed by atoms with E-state index in [-0.39, 0.29) is 18.1 Å². The standard InChI is InChI=1S/C27H37F3N6O2/c1-19(32-18-27(28,29)30)36(15-14-35(6)7)17-21-12-13-24(31-16-21)25(37)34-23-11-9-8-10-22(23)33-20(2)38-26(3,4)5/h8-13,16,32-33H,1-2,14-15,17-18H2,3-7H3,(H,34,37). The largest absolute Gasteiger partial charge is 0.474 e. The first kappa shape index (κ1) is 30.5. The summed E-state index contributed by atoms with van der Waals surface area (Å²) in [4.78, 5) is 20.8. The lowest BCUT2D eigenvalue weighted by Crippen LogP contribution is -2.39. The van der Waals surface area contributed by atoms with Gasteiger partial charge in [0.25, 0.3) is 5.91 Å². The number of benzene rings is 1. The molecule has 1 heterocycles. The van der Waals surface area contributed by atoms with Gasteiger partial charge >= 0.3 is 6.18 Å². The third-order valence-electron chi connectivity index (χ3n) is 5.00. The molecule has 0 unspecified atom stereocenters. The van der Waals surface area contributed by atoms with E-state index < -0.39 is 24.2 Å². The maximum atomic E-state index is 12.9. The number of nitrogens with zero attached hydrogens (tertiary/aromatic N) is 3. The first-order valence-corrected chi connectivity index (χ1v) is 12.0. The minimum absolute atomic E-state index is 0.159. The van der Waals surface area contributed by atoms with Crippen LogP contribution >= 0.6 is 0 Å². The van der Waals surface area contributed by atoms with Crippen LogP contribution in [0, 0.1) is 0 Å². The number of aromatic nitrogens is 1. The maximum absolute atomic E-state index is 12.9. The SMILES string of the molecule is C=C(Nc1ccccc1NC(=O)c1ccc(CN(CCN(C)C)C(=C)NCC(F)(F)F)cn1)OC(C)(C)C. The van der Waals surface area contributed by atoms with Gasteiger partial charge in [0.15, 0.2) is 5.88 Å². The maximum Gasteiger partial charge on any atom is 0.405 e. The Morgan fingerprint density at radius 1 is 1.00 bits per heavy atom. The molecule has 1 aromatic carbocycles. The van der Waals surface area contributed by atoms with Gasteiger partial charge in [0, 0.05) is 25.8 Å². The molecule has 2 aromatic rings. The molecule has 0 atom stereocenters. The van der Waals surface area contributed by atoms with Crippen LogP contribution in [-0.4, -0.2) is 66.2 Å². The molecule has 1 aromatic heterocycles. The van der Waals surface area contributed by atoms with E-state index in [2.05, 4.69) is 34.1 Å². The normalized spacial score (nSPS) is 11.6. The summed E-state index contributed by atoms with van der Waals surface area (Å²) in [5.74, 6) is 0.0767. The van der Waals surface area contributed by atoms with Gasteiger partial charge in [-0.15, -0.1) is 0 Å². The van der Waals surface area contributed by atoms with Crippen molar-refractivity contribution in [2.75, 3.05) is 44.4 Å². The molecular weight excluding hydrogens is 497 g/mol. The molecule has 2 rings (SSSR count). The fourth-order valence-corrected chi connectivity index (χ4v) is 3.25. The van der Waals surface area contributed by atoms with Gasteiger partial charge in [0.1, 0.15) is 17.8 Å². The van der Waals surface area contributed by atoms with E-state index >= 15 is 0 Å². The highest BCUT2D eigenvalue weighted by Gasteiger charge is 2.27. The number of carbonyl (C=O) groups is 1. The van der Waals surface area contributed by atoms with E-state index in [0.717, 1.165) is 0 Å². The Balaban J connectivity index is 2.08. The van der Waals surface area contributed by atoms with Crippen molar-refractivity contribution in [3.05, 3.63) is 78.7 Å². The molecule has 38 heavy (non-hydrogen) atoms. The predicted molar refractivity (Wildman–Crippen MR) is 144 cm³/mol. The Morgan fingerprint density at radius 3 is 2.16 bits per heavy atom. The van der Waals surface area contributed by atoms with Crippen LogP contribution in [0.5, 0.6) is 0 Å². The van der Waals surface area contributed by atoms with Crippen molar-refractivity contribution < 1.29 is 22.7 Å². The number of pyridine rings is 1. The van der Waals surface area contributed by atoms with Gasteiger partial charge in [-0.3, -0.25) is 9.78 Å². The highest BCUT2D eigenvalue weighted by molar-refractivity contribution is 6.04. The number of anilines is 2. The molecule has 0 saturated heterocycles. The lowest BCUT2D eigenvalue weighted by atomic mass is 10.2. The molecule has 0 aliphatic heterocycles. The Bertz CT molecular complexity index is 1100. The highest BCUT2D eigenvalue weighted by Crippen LogP contribution is 2.24. The molecule has 0 bridgehead atoms. The third-order valence-corrected chi connectivity index (χ3v) is 5.00. The van der Waals surface area contributed by atoms with Crippen LogP contribution in [0.2, 0.25) is 0 Å². The summed E-state index contributed by atoms with van der Waals surface area (Å²) in [5, 5.41) is 8.23.